The second-order valence-electron chi connectivity index (χ2n) is 7.30. The molecule has 7 heteroatoms. The van der Waals surface area contributed by atoms with Crippen molar-refractivity contribution in [2.45, 2.75) is 32.7 Å². The summed E-state index contributed by atoms with van der Waals surface area (Å²) in [7, 11) is 1.84. The fraction of sp³-hybridized carbons (Fsp3) is 0.409. The van der Waals surface area contributed by atoms with Crippen LogP contribution in [0.4, 0.5) is 11.4 Å². The monoisotopic (exact) mass is 393 g/mol. The van der Waals surface area contributed by atoms with E-state index in [4.69, 9.17) is 4.74 Å². The van der Waals surface area contributed by atoms with Crippen LogP contribution in [-0.4, -0.2) is 40.4 Å². The number of aryl methyl sites for hydroxylation is 1. The number of anilines is 2. The van der Waals surface area contributed by atoms with Crippen LogP contribution in [-0.2, 0) is 18.3 Å². The Morgan fingerprint density at radius 3 is 2.76 bits per heavy atom. The SMILES string of the molecule is CCOC(=O)c1cnc2c(cnn2C)c1NCc1ccccc1N1CCCCC1. The highest BCUT2D eigenvalue weighted by Gasteiger charge is 2.20. The first-order valence-electron chi connectivity index (χ1n) is 10.2. The van der Waals surface area contributed by atoms with Crippen LogP contribution in [0.1, 0.15) is 42.1 Å². The Hall–Kier alpha value is -3.09. The van der Waals surface area contributed by atoms with Gasteiger partial charge >= 0.3 is 5.97 Å². The zero-order chi connectivity index (χ0) is 20.2. The number of hydrogen-bond donors (Lipinski definition) is 1. The summed E-state index contributed by atoms with van der Waals surface area (Å²) in [5.41, 5.74) is 4.34. The van der Waals surface area contributed by atoms with E-state index in [1.54, 1.807) is 24.0 Å². The van der Waals surface area contributed by atoms with Gasteiger partial charge in [-0.1, -0.05) is 18.2 Å². The lowest BCUT2D eigenvalue weighted by Gasteiger charge is -2.30. The van der Waals surface area contributed by atoms with Gasteiger partial charge in [0.15, 0.2) is 5.65 Å². The molecule has 1 aliphatic rings. The predicted molar refractivity (Wildman–Crippen MR) is 114 cm³/mol. The summed E-state index contributed by atoms with van der Waals surface area (Å²) in [6.45, 7) is 4.91. The van der Waals surface area contributed by atoms with Crippen LogP contribution in [0.15, 0.2) is 36.7 Å². The van der Waals surface area contributed by atoms with Gasteiger partial charge in [0, 0.05) is 38.6 Å². The number of hydrogen-bond acceptors (Lipinski definition) is 6. The largest absolute Gasteiger partial charge is 0.462 e. The second-order valence-corrected chi connectivity index (χ2v) is 7.30. The van der Waals surface area contributed by atoms with Crippen molar-refractivity contribution in [2.24, 2.45) is 7.05 Å². The molecule has 0 saturated carbocycles. The van der Waals surface area contributed by atoms with Gasteiger partial charge in [-0.3, -0.25) is 4.68 Å². The predicted octanol–water partition coefficient (Wildman–Crippen LogP) is 3.75. The quantitative estimate of drug-likeness (QED) is 0.643. The molecule has 0 unspecified atom stereocenters. The number of esters is 1. The molecule has 3 heterocycles. The maximum atomic E-state index is 12.5. The van der Waals surface area contributed by atoms with Gasteiger partial charge in [0.2, 0.25) is 0 Å². The highest BCUT2D eigenvalue weighted by Crippen LogP contribution is 2.29. The number of benzene rings is 1. The summed E-state index contributed by atoms with van der Waals surface area (Å²) in [4.78, 5) is 19.4. The zero-order valence-corrected chi connectivity index (χ0v) is 17.0. The smallest absolute Gasteiger partial charge is 0.341 e. The molecule has 7 nitrogen and oxygen atoms in total. The number of rotatable bonds is 6. The van der Waals surface area contributed by atoms with Gasteiger partial charge in [0.25, 0.3) is 0 Å². The Balaban J connectivity index is 1.66. The minimum atomic E-state index is -0.377. The van der Waals surface area contributed by atoms with Crippen LogP contribution in [0.3, 0.4) is 0 Å². The molecule has 2 aromatic heterocycles. The molecule has 0 amide bonds. The normalized spacial score (nSPS) is 14.2. The maximum absolute atomic E-state index is 12.5. The van der Waals surface area contributed by atoms with Gasteiger partial charge in [-0.15, -0.1) is 0 Å². The summed E-state index contributed by atoms with van der Waals surface area (Å²) < 4.78 is 6.95. The van der Waals surface area contributed by atoms with Crippen LogP contribution in [0.2, 0.25) is 0 Å². The van der Waals surface area contributed by atoms with Crippen LogP contribution >= 0.6 is 0 Å². The molecule has 152 valence electrons. The lowest BCUT2D eigenvalue weighted by atomic mass is 10.1. The van der Waals surface area contributed by atoms with Crippen molar-refractivity contribution >= 4 is 28.4 Å². The Morgan fingerprint density at radius 1 is 1.17 bits per heavy atom. The lowest BCUT2D eigenvalue weighted by molar-refractivity contribution is 0.0527. The molecule has 1 fully saturated rings. The summed E-state index contributed by atoms with van der Waals surface area (Å²) in [6.07, 6.45) is 7.07. The lowest BCUT2D eigenvalue weighted by Crippen LogP contribution is -2.30. The molecule has 4 rings (SSSR count). The topological polar surface area (TPSA) is 72.3 Å². The minimum absolute atomic E-state index is 0.321. The molecular weight excluding hydrogens is 366 g/mol. The van der Waals surface area contributed by atoms with E-state index in [0.717, 1.165) is 29.8 Å². The fourth-order valence-corrected chi connectivity index (χ4v) is 3.94. The van der Waals surface area contributed by atoms with Crippen molar-refractivity contribution in [3.05, 3.63) is 47.8 Å². The Morgan fingerprint density at radius 2 is 1.97 bits per heavy atom. The molecule has 1 aromatic carbocycles. The highest BCUT2D eigenvalue weighted by atomic mass is 16.5. The minimum Gasteiger partial charge on any atom is -0.462 e. The van der Waals surface area contributed by atoms with Gasteiger partial charge in [-0.05, 0) is 37.8 Å². The Labute approximate surface area is 170 Å². The molecule has 0 bridgehead atoms. The third-order valence-electron chi connectivity index (χ3n) is 5.40. The van der Waals surface area contributed by atoms with Crippen molar-refractivity contribution in [2.75, 3.05) is 29.9 Å². The first-order chi connectivity index (χ1) is 14.2. The number of para-hydroxylation sites is 1. The van der Waals surface area contributed by atoms with Gasteiger partial charge in [-0.2, -0.15) is 5.10 Å². The van der Waals surface area contributed by atoms with Gasteiger partial charge in [0.05, 0.1) is 23.9 Å². The van der Waals surface area contributed by atoms with Crippen molar-refractivity contribution < 1.29 is 9.53 Å². The molecule has 1 aliphatic heterocycles. The summed E-state index contributed by atoms with van der Waals surface area (Å²) >= 11 is 0. The van der Waals surface area contributed by atoms with Crippen molar-refractivity contribution in [1.82, 2.24) is 14.8 Å². The van der Waals surface area contributed by atoms with E-state index in [2.05, 4.69) is 44.6 Å². The van der Waals surface area contributed by atoms with E-state index in [9.17, 15) is 4.79 Å². The van der Waals surface area contributed by atoms with Crippen LogP contribution in [0, 0.1) is 0 Å². The number of fused-ring (bicyclic) bond motifs is 1. The average Bonchev–Trinajstić information content (AvgIpc) is 3.14. The van der Waals surface area contributed by atoms with Gasteiger partial charge in [-0.25, -0.2) is 9.78 Å². The summed E-state index contributed by atoms with van der Waals surface area (Å²) in [5, 5.41) is 8.60. The average molecular weight is 393 g/mol. The Bertz CT molecular complexity index is 1010. The number of carbonyl (C=O) groups is 1. The molecule has 1 N–H and O–H groups in total. The van der Waals surface area contributed by atoms with E-state index < -0.39 is 0 Å². The van der Waals surface area contributed by atoms with E-state index in [1.165, 1.54) is 30.5 Å². The van der Waals surface area contributed by atoms with E-state index in [0.29, 0.717) is 18.7 Å². The third-order valence-corrected chi connectivity index (χ3v) is 5.40. The number of pyridine rings is 1. The number of aromatic nitrogens is 3. The van der Waals surface area contributed by atoms with Gasteiger partial charge < -0.3 is 15.0 Å². The molecule has 0 aliphatic carbocycles. The molecule has 0 spiro atoms. The standard InChI is InChI=1S/C22H27N5O2/c1-3-29-22(28)18-14-24-21-17(15-25-26(21)2)20(18)23-13-16-9-5-6-10-19(16)27-11-7-4-8-12-27/h5-6,9-10,14-15H,3-4,7-8,11-13H2,1-2H3,(H,23,24). The third kappa shape index (κ3) is 3.90. The fourth-order valence-electron chi connectivity index (χ4n) is 3.94. The highest BCUT2D eigenvalue weighted by molar-refractivity contribution is 6.04. The molecule has 1 saturated heterocycles. The number of nitrogens with one attached hydrogen (secondary N) is 1. The van der Waals surface area contributed by atoms with Crippen molar-refractivity contribution in [1.29, 1.82) is 0 Å². The molecule has 0 atom stereocenters. The molecular formula is C22H27N5O2. The van der Waals surface area contributed by atoms with Crippen LogP contribution in [0.25, 0.3) is 11.0 Å². The first-order valence-corrected chi connectivity index (χ1v) is 10.2. The number of ether oxygens (including phenoxy) is 1. The van der Waals surface area contributed by atoms with Crippen molar-refractivity contribution in [3.63, 3.8) is 0 Å². The van der Waals surface area contributed by atoms with Crippen molar-refractivity contribution in [3.8, 4) is 0 Å². The maximum Gasteiger partial charge on any atom is 0.341 e. The summed E-state index contributed by atoms with van der Waals surface area (Å²) in [6, 6.07) is 8.47. The number of piperidine rings is 1. The summed E-state index contributed by atoms with van der Waals surface area (Å²) in [5.74, 6) is -0.377. The van der Waals surface area contributed by atoms with Crippen LogP contribution < -0.4 is 10.2 Å². The molecule has 3 aromatic rings. The molecule has 0 radical (unpaired) electrons. The number of carbonyl (C=O) groups excluding carboxylic acids is 1. The number of nitrogens with zero attached hydrogens (tertiary/aromatic N) is 4. The van der Waals surface area contributed by atoms with E-state index >= 15 is 0 Å². The first kappa shape index (κ1) is 19.2. The van der Waals surface area contributed by atoms with E-state index in [1.807, 2.05) is 7.05 Å². The second kappa shape index (κ2) is 8.51. The van der Waals surface area contributed by atoms with Crippen LogP contribution in [0.5, 0.6) is 0 Å². The molecule has 29 heavy (non-hydrogen) atoms. The zero-order valence-electron chi connectivity index (χ0n) is 17.0. The van der Waals surface area contributed by atoms with E-state index in [-0.39, 0.29) is 5.97 Å². The Kier molecular flexibility index (Phi) is 5.64. The van der Waals surface area contributed by atoms with Gasteiger partial charge in [0.1, 0.15) is 5.56 Å².